The minimum atomic E-state index is -1.27. The first-order valence-corrected chi connectivity index (χ1v) is 20.0. The van der Waals surface area contributed by atoms with E-state index in [0.29, 0.717) is 0 Å². The van der Waals surface area contributed by atoms with Gasteiger partial charge in [0.05, 0.1) is 0 Å². The highest BCUT2D eigenvalue weighted by Gasteiger charge is 2.41. The van der Waals surface area contributed by atoms with E-state index in [-0.39, 0.29) is 0 Å². The summed E-state index contributed by atoms with van der Waals surface area (Å²) in [5, 5.41) is 0. The molecule has 0 aromatic carbocycles. The van der Waals surface area contributed by atoms with E-state index in [4.69, 9.17) is 23.6 Å². The molecule has 0 bridgehead atoms. The van der Waals surface area contributed by atoms with Crippen molar-refractivity contribution in [2.24, 2.45) is 0 Å². The summed E-state index contributed by atoms with van der Waals surface area (Å²) in [6.45, 7) is 0. The van der Waals surface area contributed by atoms with Crippen molar-refractivity contribution in [3.63, 3.8) is 0 Å². The lowest BCUT2D eigenvalue weighted by Crippen LogP contribution is -2.29. The van der Waals surface area contributed by atoms with Gasteiger partial charge in [-0.25, -0.2) is 0 Å². The average Bonchev–Trinajstić information content (AvgIpc) is 2.84. The van der Waals surface area contributed by atoms with Crippen LogP contribution in [-0.4, -0.2) is 35.0 Å². The third-order valence-corrected chi connectivity index (χ3v) is 23.5. The molecule has 0 aromatic heterocycles. The van der Waals surface area contributed by atoms with Crippen LogP contribution in [0.3, 0.4) is 0 Å². The second-order valence-electron chi connectivity index (χ2n) is 11.3. The van der Waals surface area contributed by atoms with Crippen molar-refractivity contribution in [2.45, 2.75) is 151 Å². The molecular weight excluding hydrogens is 438 g/mol. The van der Waals surface area contributed by atoms with Crippen molar-refractivity contribution in [3.05, 3.63) is 0 Å². The lowest BCUT2D eigenvalue weighted by Gasteiger charge is -2.46. The molecule has 0 radical (unpaired) electrons. The third-order valence-electron chi connectivity index (χ3n) is 9.57. The third kappa shape index (κ3) is 5.68. The maximum absolute atomic E-state index is 6.90. The molecule has 30 heavy (non-hydrogen) atoms. The van der Waals surface area contributed by atoms with Gasteiger partial charge < -0.3 is 0 Å². The quantitative estimate of drug-likeness (QED) is 0.329. The first-order valence-electron chi connectivity index (χ1n) is 13.8. The highest BCUT2D eigenvalue weighted by molar-refractivity contribution is 8.17. The second-order valence-corrected chi connectivity index (χ2v) is 22.6. The summed E-state index contributed by atoms with van der Waals surface area (Å²) in [5.74, 6) is 0. The van der Waals surface area contributed by atoms with Crippen molar-refractivity contribution >= 4 is 35.7 Å². The highest BCUT2D eigenvalue weighted by Crippen LogP contribution is 2.68. The summed E-state index contributed by atoms with van der Waals surface area (Å²) in [6, 6.07) is -2.55. The molecule has 0 aromatic rings. The zero-order valence-electron chi connectivity index (χ0n) is 19.6. The Morgan fingerprint density at radius 3 is 0.767 bits per heavy atom. The zero-order chi connectivity index (χ0) is 20.9. The molecule has 174 valence electrons. The Bertz CT molecular complexity index is 509. The SMILES string of the molecule is S=P(CCP(=S)(C1CCCCC1)C1CCCCC1)(C1CCCCC1)C1CCCCC1. The molecule has 0 N–H and O–H groups in total. The van der Waals surface area contributed by atoms with Crippen LogP contribution in [0.1, 0.15) is 128 Å². The molecule has 0 unspecified atom stereocenters. The second kappa shape index (κ2) is 11.6. The summed E-state index contributed by atoms with van der Waals surface area (Å²) in [5.41, 5.74) is 3.74. The van der Waals surface area contributed by atoms with Gasteiger partial charge in [0.15, 0.2) is 0 Å². The Balaban J connectivity index is 1.54. The maximum atomic E-state index is 6.90. The van der Waals surface area contributed by atoms with Gasteiger partial charge in [0.25, 0.3) is 0 Å². The first-order chi connectivity index (χ1) is 14.6. The van der Waals surface area contributed by atoms with Gasteiger partial charge in [-0.05, 0) is 98.4 Å². The normalized spacial score (nSPS) is 27.3. The Morgan fingerprint density at radius 2 is 0.567 bits per heavy atom. The van der Waals surface area contributed by atoms with Gasteiger partial charge in [-0.3, -0.25) is 0 Å². The summed E-state index contributed by atoms with van der Waals surface area (Å²) in [6.07, 6.45) is 32.3. The molecule has 0 amide bonds. The molecule has 0 nitrogen and oxygen atoms in total. The maximum Gasteiger partial charge on any atom is -0.0116 e. The largest absolute Gasteiger partial charge is 0.0969 e. The summed E-state index contributed by atoms with van der Waals surface area (Å²) in [7, 11) is 0. The van der Waals surface area contributed by atoms with Gasteiger partial charge in [-0.15, -0.1) is 0 Å². The number of hydrogen-bond donors (Lipinski definition) is 0. The van der Waals surface area contributed by atoms with Crippen LogP contribution in [0.4, 0.5) is 0 Å². The van der Waals surface area contributed by atoms with Crippen molar-refractivity contribution in [1.29, 1.82) is 0 Å². The van der Waals surface area contributed by atoms with E-state index < -0.39 is 12.1 Å². The molecule has 0 atom stereocenters. The molecule has 4 fully saturated rings. The highest BCUT2D eigenvalue weighted by atomic mass is 32.4. The molecule has 0 aliphatic heterocycles. The van der Waals surface area contributed by atoms with Gasteiger partial charge in [0.1, 0.15) is 0 Å². The smallest absolute Gasteiger partial charge is 0.0116 e. The Labute approximate surface area is 198 Å². The predicted molar refractivity (Wildman–Crippen MR) is 146 cm³/mol. The van der Waals surface area contributed by atoms with E-state index in [9.17, 15) is 0 Å². The lowest BCUT2D eigenvalue weighted by atomic mass is 9.99. The van der Waals surface area contributed by atoms with Crippen LogP contribution in [-0.2, 0) is 23.6 Å². The summed E-state index contributed by atoms with van der Waals surface area (Å²) in [4.78, 5) is 0. The summed E-state index contributed by atoms with van der Waals surface area (Å²) < 4.78 is 0. The fraction of sp³-hybridized carbons (Fsp3) is 1.00. The number of hydrogen-bond acceptors (Lipinski definition) is 2. The Hall–Kier alpha value is 1.30. The molecule has 4 rings (SSSR count). The van der Waals surface area contributed by atoms with Gasteiger partial charge in [-0.1, -0.05) is 101 Å². The molecule has 4 heteroatoms. The van der Waals surface area contributed by atoms with Crippen molar-refractivity contribution < 1.29 is 0 Å². The van der Waals surface area contributed by atoms with Crippen LogP contribution >= 0.6 is 12.1 Å². The predicted octanol–water partition coefficient (Wildman–Crippen LogP) is 9.28. The fourth-order valence-electron chi connectivity index (χ4n) is 7.71. The van der Waals surface area contributed by atoms with E-state index in [1.54, 1.807) is 0 Å². The van der Waals surface area contributed by atoms with Crippen LogP contribution in [0, 0.1) is 0 Å². The topological polar surface area (TPSA) is 0 Å². The number of rotatable bonds is 7. The average molecular weight is 487 g/mol. The van der Waals surface area contributed by atoms with Crippen LogP contribution in [0.2, 0.25) is 0 Å². The van der Waals surface area contributed by atoms with Crippen LogP contribution in [0.15, 0.2) is 0 Å². The van der Waals surface area contributed by atoms with E-state index >= 15 is 0 Å². The molecule has 0 spiro atoms. The monoisotopic (exact) mass is 486 g/mol. The van der Waals surface area contributed by atoms with Gasteiger partial charge in [-0.2, -0.15) is 0 Å². The summed E-state index contributed by atoms with van der Waals surface area (Å²) >= 11 is 13.8. The van der Waals surface area contributed by atoms with E-state index in [1.807, 2.05) is 0 Å². The molecule has 4 saturated carbocycles. The zero-order valence-corrected chi connectivity index (χ0v) is 23.0. The van der Waals surface area contributed by atoms with Crippen molar-refractivity contribution in [1.82, 2.24) is 0 Å². The molecule has 4 aliphatic rings. The Morgan fingerprint density at radius 1 is 0.367 bits per heavy atom. The fourth-order valence-corrected chi connectivity index (χ4v) is 21.8. The minimum Gasteiger partial charge on any atom is -0.0969 e. The van der Waals surface area contributed by atoms with Gasteiger partial charge >= 0.3 is 0 Å². The molecular formula is C26H48P2S2. The van der Waals surface area contributed by atoms with Crippen LogP contribution in [0.25, 0.3) is 0 Å². The van der Waals surface area contributed by atoms with Crippen LogP contribution < -0.4 is 0 Å². The molecule has 4 aliphatic carbocycles. The van der Waals surface area contributed by atoms with Gasteiger partial charge in [0.2, 0.25) is 0 Å². The van der Waals surface area contributed by atoms with Gasteiger partial charge in [0, 0.05) is 0 Å². The standard InChI is InChI=1S/C26H48P2S2/c29-27(23-13-5-1-6-14-23,24-15-7-2-8-16-24)21-22-28(30,25-17-9-3-10-18-25)26-19-11-4-12-20-26/h23-26H,1-22H2. The molecule has 0 saturated heterocycles. The lowest BCUT2D eigenvalue weighted by molar-refractivity contribution is 0.481. The van der Waals surface area contributed by atoms with Crippen LogP contribution in [0.5, 0.6) is 0 Å². The van der Waals surface area contributed by atoms with E-state index in [0.717, 1.165) is 22.6 Å². The van der Waals surface area contributed by atoms with Crippen molar-refractivity contribution in [2.75, 3.05) is 12.3 Å². The Kier molecular flexibility index (Phi) is 9.47. The first kappa shape index (κ1) is 24.4. The van der Waals surface area contributed by atoms with E-state index in [1.165, 1.54) is 141 Å². The minimum absolute atomic E-state index is 0.936. The van der Waals surface area contributed by atoms with E-state index in [2.05, 4.69) is 0 Å². The molecule has 0 heterocycles. The van der Waals surface area contributed by atoms with Crippen molar-refractivity contribution in [3.8, 4) is 0 Å².